The molecule has 82 valence electrons. The third kappa shape index (κ3) is 1.46. The first-order valence-corrected chi connectivity index (χ1v) is 5.19. The van der Waals surface area contributed by atoms with E-state index in [4.69, 9.17) is 0 Å². The first kappa shape index (κ1) is 9.08. The number of H-pyrrole nitrogens is 1. The molecule has 0 bridgehead atoms. The van der Waals surface area contributed by atoms with E-state index in [1.807, 2.05) is 18.2 Å². The molecule has 3 rings (SSSR count). The Hall–Kier alpha value is -2.17. The van der Waals surface area contributed by atoms with Crippen molar-refractivity contribution >= 4 is 22.5 Å². The maximum atomic E-state index is 9.41. The van der Waals surface area contributed by atoms with Crippen molar-refractivity contribution in [1.29, 1.82) is 0 Å². The minimum atomic E-state index is 0.172. The molecule has 0 unspecified atom stereocenters. The number of aliphatic imine (C=N–C) groups is 1. The minimum absolute atomic E-state index is 0.172. The van der Waals surface area contributed by atoms with E-state index in [2.05, 4.69) is 20.6 Å². The lowest BCUT2D eigenvalue weighted by molar-refractivity contribution is 0.458. The van der Waals surface area contributed by atoms with Gasteiger partial charge in [-0.2, -0.15) is 0 Å². The molecule has 1 aliphatic heterocycles. The minimum Gasteiger partial charge on any atom is -0.495 e. The number of anilines is 1. The molecule has 2 aromatic rings. The van der Waals surface area contributed by atoms with Gasteiger partial charge in [0.25, 0.3) is 0 Å². The van der Waals surface area contributed by atoms with E-state index in [1.54, 1.807) is 6.07 Å². The SMILES string of the molecule is Oc1cc2c(NC3=NCCN3)cccc2[nH]1. The van der Waals surface area contributed by atoms with Gasteiger partial charge in [0, 0.05) is 18.0 Å². The number of hydrogen-bond donors (Lipinski definition) is 4. The van der Waals surface area contributed by atoms with Crippen LogP contribution < -0.4 is 10.6 Å². The number of guanidine groups is 1. The van der Waals surface area contributed by atoms with Crippen molar-refractivity contribution in [3.63, 3.8) is 0 Å². The van der Waals surface area contributed by atoms with Crippen LogP contribution in [-0.2, 0) is 0 Å². The molecule has 1 aromatic carbocycles. The highest BCUT2D eigenvalue weighted by Crippen LogP contribution is 2.26. The van der Waals surface area contributed by atoms with Crippen LogP contribution in [0.3, 0.4) is 0 Å². The molecule has 4 N–H and O–H groups in total. The van der Waals surface area contributed by atoms with Gasteiger partial charge in [0.05, 0.1) is 17.7 Å². The predicted molar refractivity (Wildman–Crippen MR) is 63.9 cm³/mol. The van der Waals surface area contributed by atoms with E-state index in [-0.39, 0.29) is 5.88 Å². The maximum absolute atomic E-state index is 9.41. The lowest BCUT2D eigenvalue weighted by Gasteiger charge is -2.07. The molecule has 1 aromatic heterocycles. The molecule has 0 atom stereocenters. The lowest BCUT2D eigenvalue weighted by Crippen LogP contribution is -2.26. The van der Waals surface area contributed by atoms with Gasteiger partial charge in [-0.05, 0) is 12.1 Å². The second kappa shape index (κ2) is 3.44. The maximum Gasteiger partial charge on any atom is 0.195 e. The summed E-state index contributed by atoms with van der Waals surface area (Å²) in [6.07, 6.45) is 0. The highest BCUT2D eigenvalue weighted by Gasteiger charge is 2.08. The molecule has 0 amide bonds. The standard InChI is InChI=1S/C11H12N4O/c16-10-6-7-8(14-10)2-1-3-9(7)15-11-12-4-5-13-11/h1-3,6,14,16H,4-5H2,(H2,12,13,15). The third-order valence-electron chi connectivity index (χ3n) is 2.58. The molecule has 1 aliphatic rings. The zero-order chi connectivity index (χ0) is 11.0. The summed E-state index contributed by atoms with van der Waals surface area (Å²) in [5, 5.41) is 16.7. The summed E-state index contributed by atoms with van der Waals surface area (Å²) in [4.78, 5) is 7.15. The Kier molecular flexibility index (Phi) is 1.96. The van der Waals surface area contributed by atoms with Crippen molar-refractivity contribution in [1.82, 2.24) is 10.3 Å². The summed E-state index contributed by atoms with van der Waals surface area (Å²) in [7, 11) is 0. The Labute approximate surface area is 92.2 Å². The molecule has 0 fully saturated rings. The summed E-state index contributed by atoms with van der Waals surface area (Å²) in [6.45, 7) is 1.67. The van der Waals surface area contributed by atoms with E-state index < -0.39 is 0 Å². The van der Waals surface area contributed by atoms with Crippen LogP contribution >= 0.6 is 0 Å². The average Bonchev–Trinajstić information content (AvgIpc) is 2.86. The Morgan fingerprint density at radius 2 is 2.31 bits per heavy atom. The van der Waals surface area contributed by atoms with Crippen LogP contribution in [0.15, 0.2) is 29.3 Å². The molecule has 0 saturated heterocycles. The number of hydrogen-bond acceptors (Lipinski definition) is 4. The second-order valence-electron chi connectivity index (χ2n) is 3.70. The number of nitrogens with zero attached hydrogens (tertiary/aromatic N) is 1. The van der Waals surface area contributed by atoms with Gasteiger partial charge in [-0.25, -0.2) is 0 Å². The van der Waals surface area contributed by atoms with Crippen LogP contribution in [0.25, 0.3) is 10.9 Å². The van der Waals surface area contributed by atoms with Gasteiger partial charge < -0.3 is 20.7 Å². The van der Waals surface area contributed by atoms with Crippen LogP contribution in [0.5, 0.6) is 5.88 Å². The number of aromatic amines is 1. The fraction of sp³-hybridized carbons (Fsp3) is 0.182. The van der Waals surface area contributed by atoms with E-state index in [0.29, 0.717) is 0 Å². The van der Waals surface area contributed by atoms with Gasteiger partial charge >= 0.3 is 0 Å². The van der Waals surface area contributed by atoms with Crippen molar-refractivity contribution < 1.29 is 5.11 Å². The third-order valence-corrected chi connectivity index (χ3v) is 2.58. The molecule has 0 spiro atoms. The smallest absolute Gasteiger partial charge is 0.195 e. The lowest BCUT2D eigenvalue weighted by atomic mass is 10.2. The topological polar surface area (TPSA) is 72.4 Å². The largest absolute Gasteiger partial charge is 0.495 e. The van der Waals surface area contributed by atoms with E-state index >= 15 is 0 Å². The second-order valence-corrected chi connectivity index (χ2v) is 3.70. The Bertz CT molecular complexity index is 558. The number of nitrogens with one attached hydrogen (secondary N) is 3. The van der Waals surface area contributed by atoms with Gasteiger partial charge in [0.15, 0.2) is 11.8 Å². The normalized spacial score (nSPS) is 14.9. The fourth-order valence-electron chi connectivity index (χ4n) is 1.86. The van der Waals surface area contributed by atoms with Crippen molar-refractivity contribution in [2.24, 2.45) is 4.99 Å². The van der Waals surface area contributed by atoms with Crippen LogP contribution in [0.4, 0.5) is 5.69 Å². The number of rotatable bonds is 1. The highest BCUT2D eigenvalue weighted by atomic mass is 16.3. The fourth-order valence-corrected chi connectivity index (χ4v) is 1.86. The Morgan fingerprint density at radius 1 is 1.38 bits per heavy atom. The first-order chi connectivity index (χ1) is 7.83. The summed E-state index contributed by atoms with van der Waals surface area (Å²) in [5.74, 6) is 0.957. The summed E-state index contributed by atoms with van der Waals surface area (Å²) < 4.78 is 0. The predicted octanol–water partition coefficient (Wildman–Crippen LogP) is 1.24. The van der Waals surface area contributed by atoms with Crippen LogP contribution in [-0.4, -0.2) is 29.1 Å². The van der Waals surface area contributed by atoms with Crippen molar-refractivity contribution in [3.8, 4) is 5.88 Å². The Balaban J connectivity index is 2.02. The van der Waals surface area contributed by atoms with Gasteiger partial charge in [-0.15, -0.1) is 0 Å². The van der Waals surface area contributed by atoms with Crippen molar-refractivity contribution in [2.75, 3.05) is 18.4 Å². The summed E-state index contributed by atoms with van der Waals surface area (Å²) in [6, 6.07) is 7.51. The van der Waals surface area contributed by atoms with Crippen molar-refractivity contribution in [2.45, 2.75) is 0 Å². The number of aromatic hydroxyl groups is 1. The molecule has 2 heterocycles. The molecule has 5 nitrogen and oxygen atoms in total. The zero-order valence-corrected chi connectivity index (χ0v) is 8.62. The zero-order valence-electron chi connectivity index (χ0n) is 8.62. The summed E-state index contributed by atoms with van der Waals surface area (Å²) in [5.41, 5.74) is 1.84. The van der Waals surface area contributed by atoms with Gasteiger partial charge in [-0.3, -0.25) is 4.99 Å². The first-order valence-electron chi connectivity index (χ1n) is 5.19. The molecular formula is C11H12N4O. The van der Waals surface area contributed by atoms with Gasteiger partial charge in [0.2, 0.25) is 0 Å². The molecule has 0 aliphatic carbocycles. The van der Waals surface area contributed by atoms with E-state index in [1.165, 1.54) is 0 Å². The van der Waals surface area contributed by atoms with Gasteiger partial charge in [-0.1, -0.05) is 6.07 Å². The monoisotopic (exact) mass is 216 g/mol. The molecule has 0 radical (unpaired) electrons. The van der Waals surface area contributed by atoms with Gasteiger partial charge in [0.1, 0.15) is 0 Å². The van der Waals surface area contributed by atoms with Crippen LogP contribution in [0, 0.1) is 0 Å². The average molecular weight is 216 g/mol. The Morgan fingerprint density at radius 3 is 3.12 bits per heavy atom. The molecule has 16 heavy (non-hydrogen) atoms. The number of aromatic nitrogens is 1. The molecule has 0 saturated carbocycles. The van der Waals surface area contributed by atoms with Crippen LogP contribution in [0.2, 0.25) is 0 Å². The van der Waals surface area contributed by atoms with E-state index in [0.717, 1.165) is 35.6 Å². The quantitative estimate of drug-likeness (QED) is 0.579. The molecular weight excluding hydrogens is 204 g/mol. The summed E-state index contributed by atoms with van der Waals surface area (Å²) >= 11 is 0. The van der Waals surface area contributed by atoms with E-state index in [9.17, 15) is 5.11 Å². The number of benzene rings is 1. The molecule has 5 heteroatoms. The number of fused-ring (bicyclic) bond motifs is 1. The highest BCUT2D eigenvalue weighted by molar-refractivity contribution is 6.03. The van der Waals surface area contributed by atoms with Crippen LogP contribution in [0.1, 0.15) is 0 Å². The van der Waals surface area contributed by atoms with Crippen molar-refractivity contribution in [3.05, 3.63) is 24.3 Å².